The molecule has 0 radical (unpaired) electrons. The Bertz CT molecular complexity index is 4610. The van der Waals surface area contributed by atoms with Gasteiger partial charge < -0.3 is 14.7 Å². The number of anilines is 9. The molecule has 0 fully saturated rings. The molecule has 3 nitrogen and oxygen atoms in total. The fraction of sp³-hybridized carbons (Fsp3) is 0.326. The zero-order valence-electron chi connectivity index (χ0n) is 58.9. The molecule has 0 spiro atoms. The Morgan fingerprint density at radius 1 is 0.344 bits per heavy atom. The summed E-state index contributed by atoms with van der Waals surface area (Å²) in [5, 5.41) is 0. The predicted molar refractivity (Wildman–Crippen MR) is 399 cm³/mol. The lowest BCUT2D eigenvalue weighted by molar-refractivity contribution is 0.332. The molecular weight excluding hydrogens is 1120 g/mol. The van der Waals surface area contributed by atoms with Crippen LogP contribution in [0.25, 0.3) is 11.1 Å². The Balaban J connectivity index is 1.03. The maximum Gasteiger partial charge on any atom is 0.252 e. The average Bonchev–Trinajstić information content (AvgIpc) is 0.697. The molecule has 0 aromatic heterocycles. The van der Waals surface area contributed by atoms with Crippen LogP contribution in [0.4, 0.5) is 51.2 Å². The third-order valence-electron chi connectivity index (χ3n) is 23.4. The van der Waals surface area contributed by atoms with Crippen molar-refractivity contribution < 1.29 is 0 Å². The van der Waals surface area contributed by atoms with Crippen molar-refractivity contribution in [2.24, 2.45) is 0 Å². The summed E-state index contributed by atoms with van der Waals surface area (Å²) in [4.78, 5) is 7.95. The van der Waals surface area contributed by atoms with Gasteiger partial charge in [-0.25, -0.2) is 0 Å². The number of fused-ring (bicyclic) bond motifs is 9. The second kappa shape index (κ2) is 20.3. The minimum atomic E-state index is -0.248. The van der Waals surface area contributed by atoms with Gasteiger partial charge in [-0.3, -0.25) is 0 Å². The van der Waals surface area contributed by atoms with E-state index in [1.807, 2.05) is 0 Å². The van der Waals surface area contributed by atoms with E-state index in [1.54, 1.807) is 0 Å². The van der Waals surface area contributed by atoms with Crippen molar-refractivity contribution in [1.29, 1.82) is 0 Å². The lowest BCUT2D eigenvalue weighted by atomic mass is 9.33. The molecule has 10 aromatic carbocycles. The van der Waals surface area contributed by atoms with Gasteiger partial charge in [0.05, 0.1) is 5.69 Å². The molecule has 468 valence electrons. The van der Waals surface area contributed by atoms with Crippen molar-refractivity contribution >= 4 is 74.3 Å². The highest BCUT2D eigenvalue weighted by atomic mass is 15.2. The molecule has 2 heterocycles. The van der Waals surface area contributed by atoms with E-state index >= 15 is 0 Å². The predicted octanol–water partition coefficient (Wildman–Crippen LogP) is 22.1. The summed E-state index contributed by atoms with van der Waals surface area (Å²) in [6.45, 7) is 45.7. The highest BCUT2D eigenvalue weighted by Crippen LogP contribution is 2.57. The average molecular weight is 1220 g/mol. The normalized spacial score (nSPS) is 17.8. The number of rotatable bonds is 6. The van der Waals surface area contributed by atoms with Crippen LogP contribution >= 0.6 is 0 Å². The van der Waals surface area contributed by atoms with Gasteiger partial charge >= 0.3 is 0 Å². The van der Waals surface area contributed by atoms with Gasteiger partial charge in [0.15, 0.2) is 0 Å². The zero-order chi connectivity index (χ0) is 65.6. The van der Waals surface area contributed by atoms with Gasteiger partial charge in [-0.1, -0.05) is 246 Å². The molecule has 0 saturated heterocycles. The van der Waals surface area contributed by atoms with Crippen LogP contribution in [0.5, 0.6) is 0 Å². The molecule has 0 bridgehead atoms. The van der Waals surface area contributed by atoms with Crippen molar-refractivity contribution in [2.75, 3.05) is 14.7 Å². The van der Waals surface area contributed by atoms with E-state index in [4.69, 9.17) is 0 Å². The summed E-state index contributed by atoms with van der Waals surface area (Å²) in [5.41, 5.74) is 34.2. The third kappa shape index (κ3) is 9.17. The van der Waals surface area contributed by atoms with Crippen molar-refractivity contribution in [3.8, 4) is 11.1 Å². The van der Waals surface area contributed by atoms with Gasteiger partial charge in [0.25, 0.3) is 6.71 Å². The monoisotopic (exact) mass is 1220 g/mol. The molecule has 93 heavy (non-hydrogen) atoms. The molecule has 4 heteroatoms. The van der Waals surface area contributed by atoms with Crippen molar-refractivity contribution in [3.63, 3.8) is 0 Å². The topological polar surface area (TPSA) is 9.72 Å². The number of nitrogens with zero attached hydrogens (tertiary/aromatic N) is 3. The summed E-state index contributed by atoms with van der Waals surface area (Å²) in [7, 11) is 0. The number of aryl methyl sites for hydroxylation is 1. The molecule has 5 aliphatic rings. The minimum absolute atomic E-state index is 0.0170. The summed E-state index contributed by atoms with van der Waals surface area (Å²) >= 11 is 0. The molecular formula is C89H94BN3. The number of hydrogen-bond acceptors (Lipinski definition) is 3. The van der Waals surface area contributed by atoms with E-state index in [0.717, 1.165) is 35.6 Å². The first-order valence-electron chi connectivity index (χ1n) is 34.5. The molecule has 0 unspecified atom stereocenters. The van der Waals surface area contributed by atoms with Crippen LogP contribution in [-0.4, -0.2) is 6.71 Å². The molecule has 0 N–H and O–H groups in total. The van der Waals surface area contributed by atoms with E-state index in [9.17, 15) is 0 Å². The SMILES string of the molecule is Cc1cc2c3c(c1)N(c1ccc(C(C)(C)C)cc1-c1ccccc1)c1cc4c(cc1B3c1ccc(N(c3ccc5c(c3)C(C)(C)c3ccccc3C5(C)C)c3ccc5c(c3)C(C)(C)c3ccccc3C5(C)C)cc1N2c1ccc(C(C)(C)C)cc1)C(C)(C)CCC4(C)C. The van der Waals surface area contributed by atoms with Gasteiger partial charge in [0.1, 0.15) is 0 Å². The van der Waals surface area contributed by atoms with Crippen molar-refractivity contribution in [3.05, 3.63) is 273 Å². The van der Waals surface area contributed by atoms with Crippen LogP contribution in [0.2, 0.25) is 0 Å². The molecule has 0 amide bonds. The van der Waals surface area contributed by atoms with Gasteiger partial charge in [-0.2, -0.15) is 0 Å². The second-order valence-electron chi connectivity index (χ2n) is 33.8. The molecule has 10 aromatic rings. The first-order valence-corrected chi connectivity index (χ1v) is 34.5. The van der Waals surface area contributed by atoms with Crippen LogP contribution in [-0.2, 0) is 43.3 Å². The number of benzene rings is 10. The van der Waals surface area contributed by atoms with Gasteiger partial charge in [0, 0.05) is 72.7 Å². The Labute approximate surface area is 557 Å². The van der Waals surface area contributed by atoms with E-state index < -0.39 is 0 Å². The Morgan fingerprint density at radius 2 is 0.774 bits per heavy atom. The standard InChI is InChI=1S/C89H94BN3/c1-55-47-79-81-80(48-55)93(76-44-35-58(83(5,6)7)49-63(76)56-27-21-20-22-28-56)78-54-71-70(84(8,9)45-46-85(71,10)11)53-75(78)90(81)74-43-40-62(52-77(74)92(79)59-36-33-57(34-37-59)82(2,3)4)91(60-38-41-68-72(50-60)88(16,17)66-31-25-23-29-64(66)86(68,12)13)61-39-42-69-73(51-61)89(18,19)67-32-26-24-30-65(67)87(69,14)15/h20-44,47-54H,45-46H2,1-19H3. The van der Waals surface area contributed by atoms with Crippen molar-refractivity contribution in [1.82, 2.24) is 0 Å². The second-order valence-corrected chi connectivity index (χ2v) is 33.8. The van der Waals surface area contributed by atoms with Gasteiger partial charge in [-0.05, 0) is 215 Å². The quantitative estimate of drug-likeness (QED) is 0.154. The molecule has 3 aliphatic carbocycles. The van der Waals surface area contributed by atoms with Crippen LogP contribution in [0.3, 0.4) is 0 Å². The summed E-state index contributed by atoms with van der Waals surface area (Å²) in [6, 6.07) is 79.3. The molecule has 0 atom stereocenters. The first kappa shape index (κ1) is 60.9. The Morgan fingerprint density at radius 3 is 1.29 bits per heavy atom. The first-order chi connectivity index (χ1) is 43.8. The van der Waals surface area contributed by atoms with Crippen LogP contribution in [0.1, 0.15) is 210 Å². The van der Waals surface area contributed by atoms with Crippen molar-refractivity contribution in [2.45, 2.75) is 188 Å². The Hall–Kier alpha value is -8.34. The maximum atomic E-state index is 2.70. The van der Waals surface area contributed by atoms with Gasteiger partial charge in [-0.15, -0.1) is 0 Å². The summed E-state index contributed by atoms with van der Waals surface area (Å²) < 4.78 is 0. The van der Waals surface area contributed by atoms with Crippen LogP contribution in [0.15, 0.2) is 200 Å². The van der Waals surface area contributed by atoms with E-state index in [0.29, 0.717) is 0 Å². The minimum Gasteiger partial charge on any atom is -0.311 e. The van der Waals surface area contributed by atoms with Crippen LogP contribution in [0, 0.1) is 6.92 Å². The molecule has 2 aliphatic heterocycles. The van der Waals surface area contributed by atoms with Crippen LogP contribution < -0.4 is 31.1 Å². The van der Waals surface area contributed by atoms with Gasteiger partial charge in [0.2, 0.25) is 0 Å². The highest BCUT2D eigenvalue weighted by molar-refractivity contribution is 7.00. The highest BCUT2D eigenvalue weighted by Gasteiger charge is 2.49. The van der Waals surface area contributed by atoms with E-state index in [1.165, 1.54) is 128 Å². The third-order valence-corrected chi connectivity index (χ3v) is 23.4. The zero-order valence-corrected chi connectivity index (χ0v) is 58.9. The lowest BCUT2D eigenvalue weighted by Crippen LogP contribution is -2.62. The largest absolute Gasteiger partial charge is 0.311 e. The lowest BCUT2D eigenvalue weighted by Gasteiger charge is -2.48. The maximum absolute atomic E-state index is 2.70. The van der Waals surface area contributed by atoms with E-state index in [-0.39, 0.29) is 50.0 Å². The fourth-order valence-electron chi connectivity index (χ4n) is 17.7. The fourth-order valence-corrected chi connectivity index (χ4v) is 17.7. The smallest absolute Gasteiger partial charge is 0.252 e. The molecule has 0 saturated carbocycles. The van der Waals surface area contributed by atoms with E-state index in [2.05, 4.69) is 346 Å². The summed E-state index contributed by atoms with van der Waals surface area (Å²) in [5.74, 6) is 0. The Kier molecular flexibility index (Phi) is 13.3. The number of hydrogen-bond donors (Lipinski definition) is 0. The molecule has 15 rings (SSSR count). The summed E-state index contributed by atoms with van der Waals surface area (Å²) in [6.07, 6.45) is 2.27.